The molecule has 0 radical (unpaired) electrons. The van der Waals surface area contributed by atoms with Gasteiger partial charge >= 0.3 is 0 Å². The molecular weight excluding hydrogens is 382 g/mol. The average Bonchev–Trinajstić information content (AvgIpc) is 2.72. The van der Waals surface area contributed by atoms with Crippen LogP contribution in [0.4, 0.5) is 11.4 Å². The summed E-state index contributed by atoms with van der Waals surface area (Å²) in [5.74, 6) is 0.903. The molecule has 1 amide bonds. The number of nitro groups is 2. The van der Waals surface area contributed by atoms with Crippen molar-refractivity contribution in [2.24, 2.45) is 0 Å². The van der Waals surface area contributed by atoms with Crippen LogP contribution in [0.1, 0.15) is 29.6 Å². The van der Waals surface area contributed by atoms with Crippen molar-refractivity contribution in [2.45, 2.75) is 19.3 Å². The van der Waals surface area contributed by atoms with E-state index in [1.54, 1.807) is 7.11 Å². The molecule has 10 nitrogen and oxygen atoms in total. The average molecular weight is 403 g/mol. The van der Waals surface area contributed by atoms with E-state index in [1.165, 1.54) is 0 Å². The zero-order valence-electron chi connectivity index (χ0n) is 15.8. The SMILES string of the molecule is COc1ccc(OCCCCCNC(=O)c2cc([N+](=O)[O-])cc([N+](=O)[O-])c2)cc1. The Morgan fingerprint density at radius 1 is 0.931 bits per heavy atom. The first-order chi connectivity index (χ1) is 13.9. The Kier molecular flexibility index (Phi) is 7.89. The number of benzene rings is 2. The lowest BCUT2D eigenvalue weighted by atomic mass is 10.1. The minimum absolute atomic E-state index is 0.117. The number of nitrogens with one attached hydrogen (secondary N) is 1. The van der Waals surface area contributed by atoms with Crippen molar-refractivity contribution in [2.75, 3.05) is 20.3 Å². The smallest absolute Gasteiger partial charge is 0.277 e. The fourth-order valence-electron chi connectivity index (χ4n) is 2.51. The Morgan fingerprint density at radius 2 is 1.52 bits per heavy atom. The fraction of sp³-hybridized carbons (Fsp3) is 0.316. The standard InChI is InChI=1S/C19H21N3O7/c1-28-17-5-7-18(8-6-17)29-10-4-2-3-9-20-19(23)14-11-15(21(24)25)13-16(12-14)22(26)27/h5-8,11-13H,2-4,9-10H2,1H3,(H,20,23). The first kappa shape index (κ1) is 21.6. The Balaban J connectivity index is 1.72. The molecule has 0 bridgehead atoms. The number of hydrogen-bond donors (Lipinski definition) is 1. The number of nitrogens with zero attached hydrogens (tertiary/aromatic N) is 2. The van der Waals surface area contributed by atoms with Crippen molar-refractivity contribution >= 4 is 17.3 Å². The fourth-order valence-corrected chi connectivity index (χ4v) is 2.51. The molecule has 0 saturated heterocycles. The number of nitro benzene ring substituents is 2. The van der Waals surface area contributed by atoms with Gasteiger partial charge in [-0.1, -0.05) is 0 Å². The Labute approximate surface area is 166 Å². The molecule has 0 aromatic heterocycles. The predicted octanol–water partition coefficient (Wildman–Crippen LogP) is 3.49. The lowest BCUT2D eigenvalue weighted by Gasteiger charge is -2.08. The predicted molar refractivity (Wildman–Crippen MR) is 104 cm³/mol. The monoisotopic (exact) mass is 403 g/mol. The largest absolute Gasteiger partial charge is 0.497 e. The molecule has 0 aliphatic rings. The van der Waals surface area contributed by atoms with Crippen molar-refractivity contribution in [3.05, 3.63) is 68.3 Å². The number of ether oxygens (including phenoxy) is 2. The van der Waals surface area contributed by atoms with E-state index in [4.69, 9.17) is 9.47 Å². The summed E-state index contributed by atoms with van der Waals surface area (Å²) in [5.41, 5.74) is -1.12. The highest BCUT2D eigenvalue weighted by Gasteiger charge is 2.19. The maximum absolute atomic E-state index is 12.1. The van der Waals surface area contributed by atoms with Crippen LogP contribution < -0.4 is 14.8 Å². The number of unbranched alkanes of at least 4 members (excludes halogenated alkanes) is 2. The quantitative estimate of drug-likeness (QED) is 0.345. The van der Waals surface area contributed by atoms with Gasteiger partial charge in [-0.15, -0.1) is 0 Å². The molecule has 0 aliphatic carbocycles. The van der Waals surface area contributed by atoms with E-state index in [2.05, 4.69) is 5.32 Å². The number of amides is 1. The number of hydrogen-bond acceptors (Lipinski definition) is 7. The summed E-state index contributed by atoms with van der Waals surface area (Å²) in [6.45, 7) is 0.870. The number of carbonyl (C=O) groups is 1. The lowest BCUT2D eigenvalue weighted by molar-refractivity contribution is -0.394. The third-order valence-electron chi connectivity index (χ3n) is 4.02. The van der Waals surface area contributed by atoms with Gasteiger partial charge in [-0.05, 0) is 43.5 Å². The van der Waals surface area contributed by atoms with Gasteiger partial charge in [0, 0.05) is 18.7 Å². The zero-order valence-corrected chi connectivity index (χ0v) is 15.8. The first-order valence-electron chi connectivity index (χ1n) is 8.89. The molecule has 0 unspecified atom stereocenters. The van der Waals surface area contributed by atoms with Crippen molar-refractivity contribution in [3.8, 4) is 11.5 Å². The molecule has 2 aromatic carbocycles. The van der Waals surface area contributed by atoms with Crippen molar-refractivity contribution in [1.29, 1.82) is 0 Å². The molecule has 1 N–H and O–H groups in total. The summed E-state index contributed by atoms with van der Waals surface area (Å²) < 4.78 is 10.7. The highest BCUT2D eigenvalue weighted by molar-refractivity contribution is 5.95. The molecule has 154 valence electrons. The maximum Gasteiger partial charge on any atom is 0.277 e. The van der Waals surface area contributed by atoms with E-state index in [-0.39, 0.29) is 5.56 Å². The summed E-state index contributed by atoms with van der Waals surface area (Å²) in [4.78, 5) is 32.3. The molecule has 10 heteroatoms. The second-order valence-corrected chi connectivity index (χ2v) is 6.09. The number of non-ortho nitro benzene ring substituents is 2. The van der Waals surface area contributed by atoms with Gasteiger partial charge in [0.25, 0.3) is 17.3 Å². The van der Waals surface area contributed by atoms with E-state index < -0.39 is 27.1 Å². The molecule has 2 rings (SSSR count). The van der Waals surface area contributed by atoms with Gasteiger partial charge in [0.05, 0.1) is 35.2 Å². The number of carbonyl (C=O) groups excluding carboxylic acids is 1. The van der Waals surface area contributed by atoms with Gasteiger partial charge in [0.1, 0.15) is 11.5 Å². The first-order valence-corrected chi connectivity index (χ1v) is 8.89. The summed E-state index contributed by atoms with van der Waals surface area (Å²) in [5, 5.41) is 24.4. The van der Waals surface area contributed by atoms with Gasteiger partial charge < -0.3 is 14.8 Å². The molecule has 0 atom stereocenters. The molecule has 2 aromatic rings. The van der Waals surface area contributed by atoms with Crippen LogP contribution in [0, 0.1) is 20.2 Å². The van der Waals surface area contributed by atoms with Crippen LogP contribution in [0.15, 0.2) is 42.5 Å². The normalized spacial score (nSPS) is 10.2. The zero-order chi connectivity index (χ0) is 21.2. The second-order valence-electron chi connectivity index (χ2n) is 6.09. The van der Waals surface area contributed by atoms with E-state index >= 15 is 0 Å². The molecular formula is C19H21N3O7. The number of methoxy groups -OCH3 is 1. The van der Waals surface area contributed by atoms with E-state index in [1.807, 2.05) is 24.3 Å². The summed E-state index contributed by atoms with van der Waals surface area (Å²) >= 11 is 0. The van der Waals surface area contributed by atoms with Crippen LogP contribution in [0.25, 0.3) is 0 Å². The van der Waals surface area contributed by atoms with E-state index in [9.17, 15) is 25.0 Å². The van der Waals surface area contributed by atoms with E-state index in [0.29, 0.717) is 19.6 Å². The molecule has 29 heavy (non-hydrogen) atoms. The summed E-state index contributed by atoms with van der Waals surface area (Å²) in [6.07, 6.45) is 2.25. The Bertz CT molecular complexity index is 836. The maximum atomic E-state index is 12.1. The minimum atomic E-state index is -0.771. The summed E-state index contributed by atoms with van der Waals surface area (Å²) in [7, 11) is 1.59. The molecule has 0 heterocycles. The highest BCUT2D eigenvalue weighted by Crippen LogP contribution is 2.22. The van der Waals surface area contributed by atoms with Crippen LogP contribution in [-0.4, -0.2) is 36.0 Å². The molecule has 0 aliphatic heterocycles. The van der Waals surface area contributed by atoms with Crippen molar-refractivity contribution in [3.63, 3.8) is 0 Å². The van der Waals surface area contributed by atoms with Crippen LogP contribution in [0.5, 0.6) is 11.5 Å². The van der Waals surface area contributed by atoms with Crippen LogP contribution in [-0.2, 0) is 0 Å². The van der Waals surface area contributed by atoms with Gasteiger partial charge in [-0.2, -0.15) is 0 Å². The third-order valence-corrected chi connectivity index (χ3v) is 4.02. The minimum Gasteiger partial charge on any atom is -0.497 e. The molecule has 0 spiro atoms. The van der Waals surface area contributed by atoms with Crippen molar-refractivity contribution in [1.82, 2.24) is 5.32 Å². The molecule has 0 saturated carbocycles. The van der Waals surface area contributed by atoms with Gasteiger partial charge in [-0.25, -0.2) is 0 Å². The highest BCUT2D eigenvalue weighted by atomic mass is 16.6. The van der Waals surface area contributed by atoms with Crippen molar-refractivity contribution < 1.29 is 24.1 Å². The van der Waals surface area contributed by atoms with Crippen LogP contribution in [0.2, 0.25) is 0 Å². The van der Waals surface area contributed by atoms with Gasteiger partial charge in [0.2, 0.25) is 0 Å². The van der Waals surface area contributed by atoms with Crippen LogP contribution >= 0.6 is 0 Å². The number of rotatable bonds is 11. The second kappa shape index (κ2) is 10.6. The van der Waals surface area contributed by atoms with Gasteiger partial charge in [-0.3, -0.25) is 25.0 Å². The summed E-state index contributed by atoms with van der Waals surface area (Å²) in [6, 6.07) is 10.1. The topological polar surface area (TPSA) is 134 Å². The Hall–Kier alpha value is -3.69. The van der Waals surface area contributed by atoms with E-state index in [0.717, 1.165) is 42.5 Å². The Morgan fingerprint density at radius 3 is 2.07 bits per heavy atom. The van der Waals surface area contributed by atoms with Gasteiger partial charge in [0.15, 0.2) is 0 Å². The van der Waals surface area contributed by atoms with Crippen LogP contribution in [0.3, 0.4) is 0 Å². The third kappa shape index (κ3) is 6.76. The lowest BCUT2D eigenvalue weighted by Crippen LogP contribution is -2.24. The molecule has 0 fully saturated rings.